The zero-order chi connectivity index (χ0) is 32.2. The Morgan fingerprint density at radius 2 is 1.26 bits per heavy atom. The molecule has 1 aromatic carbocycles. The maximum absolute atomic E-state index is 9.75. The van der Waals surface area contributed by atoms with E-state index in [1.165, 1.54) is 80.9 Å². The number of hydrogen-bond acceptors (Lipinski definition) is 4. The number of allylic oxidation sites excluding steroid dienone is 5. The Labute approximate surface area is 308 Å². The minimum absolute atomic E-state index is 0. The molecule has 0 amide bonds. The van der Waals surface area contributed by atoms with Crippen LogP contribution < -0.4 is 0 Å². The van der Waals surface area contributed by atoms with E-state index in [1.807, 2.05) is 12.1 Å². The molecule has 2 fully saturated rings. The maximum Gasteiger partial charge on any atom is 4.00 e. The van der Waals surface area contributed by atoms with Gasteiger partial charge in [-0.05, 0) is 98.8 Å². The van der Waals surface area contributed by atoms with Crippen molar-refractivity contribution in [1.29, 1.82) is 0 Å². The monoisotopic (exact) mass is 838 g/mol. The van der Waals surface area contributed by atoms with Crippen LogP contribution in [0.3, 0.4) is 0 Å². The van der Waals surface area contributed by atoms with Crippen molar-refractivity contribution in [3.8, 4) is 5.75 Å². The van der Waals surface area contributed by atoms with E-state index in [2.05, 4.69) is 63.4 Å². The summed E-state index contributed by atoms with van der Waals surface area (Å²) in [6.45, 7) is 17.9. The van der Waals surface area contributed by atoms with Gasteiger partial charge in [-0.3, -0.25) is 20.4 Å². The number of hydrogen-bond donors (Lipinski definition) is 1. The Morgan fingerprint density at radius 1 is 0.809 bits per heavy atom. The number of rotatable bonds is 0. The second-order valence-electron chi connectivity index (χ2n) is 10.7. The van der Waals surface area contributed by atoms with Gasteiger partial charge in [0.15, 0.2) is 0 Å². The quantitative estimate of drug-likeness (QED) is 0.0706. The maximum atomic E-state index is 9.75. The number of benzene rings is 1. The molecule has 5 aliphatic carbocycles. The standard InChI is InChI=1S/C20H23O.2C5H8.3CHO.3CH3.BF4.2Ru/c1-3-14-5-9-19-18-7-4-13-12-15(21)6-8-16(13)17(18)10-11-20(14,19)2;2*1-2-4-5-3-1;3*1-2;;;;2-1(3,4)5;;/h1,6,8,12,17-19,21H,4-5,7,9-11H2,2H3;2*1-2H,3-5H2;3*1H;3*1H3;;;/q-1;;;7*-1;+3;+4. The molecule has 1 N–H and O–H groups in total. The fourth-order valence-corrected chi connectivity index (χ4v) is 6.80. The normalized spacial score (nSPS) is 22.7. The summed E-state index contributed by atoms with van der Waals surface area (Å²) < 4.78 is 39.0. The van der Waals surface area contributed by atoms with Crippen LogP contribution in [0.25, 0.3) is 0 Å². The zero-order valence-corrected chi connectivity index (χ0v) is 31.5. The second-order valence-corrected chi connectivity index (χ2v) is 10.7. The van der Waals surface area contributed by atoms with Gasteiger partial charge in [-0.1, -0.05) is 62.0 Å². The van der Waals surface area contributed by atoms with Gasteiger partial charge in [-0.25, -0.2) is 6.58 Å². The van der Waals surface area contributed by atoms with Crippen LogP contribution in [0, 0.1) is 46.1 Å². The number of aryl methyl sites for hydroxylation is 1. The molecule has 267 valence electrons. The number of halogens is 4. The van der Waals surface area contributed by atoms with E-state index >= 15 is 0 Å². The van der Waals surface area contributed by atoms with Gasteiger partial charge in [0.2, 0.25) is 0 Å². The molecule has 47 heavy (non-hydrogen) atoms. The number of aromatic hydroxyl groups is 1. The van der Waals surface area contributed by atoms with Crippen LogP contribution in [0.2, 0.25) is 0 Å². The summed E-state index contributed by atoms with van der Waals surface area (Å²) in [5.74, 6) is 2.65. The third-order valence-corrected chi connectivity index (χ3v) is 8.49. The van der Waals surface area contributed by atoms with E-state index in [4.69, 9.17) is 21.0 Å². The molecule has 0 aromatic heterocycles. The Hall–Kier alpha value is -1.94. The molecule has 4 nitrogen and oxygen atoms in total. The molecule has 4 unspecified atom stereocenters. The Bertz CT molecular complexity index is 1010. The Morgan fingerprint density at radius 3 is 1.64 bits per heavy atom. The van der Waals surface area contributed by atoms with Gasteiger partial charge in [-0.2, -0.15) is 5.57 Å². The van der Waals surface area contributed by atoms with E-state index < -0.39 is 7.25 Å². The minimum Gasteiger partial charge on any atom is -0.545 e. The van der Waals surface area contributed by atoms with Crippen molar-refractivity contribution in [1.82, 2.24) is 0 Å². The summed E-state index contributed by atoms with van der Waals surface area (Å²) in [7, 11) is -6.00. The van der Waals surface area contributed by atoms with E-state index in [9.17, 15) is 22.4 Å². The predicted octanol–water partition coefficient (Wildman–Crippen LogP) is 10.0. The summed E-state index contributed by atoms with van der Waals surface area (Å²) in [6, 6.07) is 6.01. The van der Waals surface area contributed by atoms with Gasteiger partial charge in [0, 0.05) is 0 Å². The Balaban J connectivity index is -0.000000136. The van der Waals surface area contributed by atoms with Crippen molar-refractivity contribution in [2.45, 2.75) is 89.9 Å². The van der Waals surface area contributed by atoms with Crippen molar-refractivity contribution in [3.05, 3.63) is 93.8 Å². The number of fused-ring (bicyclic) bond motifs is 5. The molecule has 0 bridgehead atoms. The first-order valence-corrected chi connectivity index (χ1v) is 14.2. The van der Waals surface area contributed by atoms with Crippen molar-refractivity contribution in [3.63, 3.8) is 0 Å². The van der Waals surface area contributed by atoms with Crippen molar-refractivity contribution >= 4 is 27.6 Å². The van der Waals surface area contributed by atoms with Crippen molar-refractivity contribution in [2.75, 3.05) is 0 Å². The van der Waals surface area contributed by atoms with Gasteiger partial charge >= 0.3 is 46.2 Å². The van der Waals surface area contributed by atoms with E-state index in [1.54, 1.807) is 0 Å². The fraction of sp³-hybridized carbons (Fsp3) is 0.472. The molecule has 2 saturated carbocycles. The molecule has 5 aliphatic rings. The predicted molar refractivity (Wildman–Crippen MR) is 180 cm³/mol. The SMILES string of the molecule is C1=CCCC1.C1=CCCC1.F[B-](F)(F)F.[CH-]=C=C1CCC2C3CCc4cc(O)ccc4C3CCC12C.[CH-]=O.[CH-]=O.[CH-]=O.[CH3-].[CH3-].[CH3-].[Ru+3].[Ru+4]. The average molecular weight is 837 g/mol. The van der Waals surface area contributed by atoms with E-state index in [0.717, 1.165) is 24.7 Å². The smallest absolute Gasteiger partial charge is 0.545 e. The molecule has 0 spiro atoms. The summed E-state index contributed by atoms with van der Waals surface area (Å²) in [4.78, 5) is 23.2. The largest absolute Gasteiger partial charge is 4.00 e. The van der Waals surface area contributed by atoms with Gasteiger partial charge in [0.05, 0.1) is 0 Å². The molecule has 1 aromatic rings. The van der Waals surface area contributed by atoms with Crippen LogP contribution >= 0.6 is 0 Å². The summed E-state index contributed by atoms with van der Waals surface area (Å²) in [5, 5.41) is 9.72. The van der Waals surface area contributed by atoms with Crippen LogP contribution in [-0.2, 0) is 59.8 Å². The van der Waals surface area contributed by atoms with Crippen molar-refractivity contribution in [2.24, 2.45) is 17.3 Å². The van der Waals surface area contributed by atoms with E-state index in [-0.39, 0.29) is 61.2 Å². The molecule has 0 saturated heterocycles. The van der Waals surface area contributed by atoms with Crippen LogP contribution in [-0.4, -0.2) is 32.7 Å². The van der Waals surface area contributed by atoms with Crippen LogP contribution in [0.4, 0.5) is 17.3 Å². The summed E-state index contributed by atoms with van der Waals surface area (Å²) in [6.07, 6.45) is 24.3. The van der Waals surface area contributed by atoms with Gasteiger partial charge < -0.3 is 64.8 Å². The number of phenols is 1. The van der Waals surface area contributed by atoms with Crippen molar-refractivity contribution < 1.29 is 75.7 Å². The fourth-order valence-electron chi connectivity index (χ4n) is 6.80. The minimum atomic E-state index is -6.00. The molecule has 11 heteroatoms. The Kier molecular flexibility index (Phi) is 38.2. The molecule has 0 heterocycles. The van der Waals surface area contributed by atoms with Gasteiger partial charge in [0.1, 0.15) is 5.75 Å². The third-order valence-electron chi connectivity index (χ3n) is 8.49. The molecular weight excluding hydrogens is 785 g/mol. The number of carbonyl (C=O) groups excluding carboxylic acids is 3. The molecule has 1 radical (unpaired) electrons. The van der Waals surface area contributed by atoms with Crippen LogP contribution in [0.15, 0.2) is 53.8 Å². The first kappa shape index (κ1) is 57.3. The zero-order valence-electron chi connectivity index (χ0n) is 28.0. The summed E-state index contributed by atoms with van der Waals surface area (Å²) in [5.41, 5.74) is 7.56. The van der Waals surface area contributed by atoms with Gasteiger partial charge in [-0.15, -0.1) is 0 Å². The first-order chi connectivity index (χ1) is 20.1. The summed E-state index contributed by atoms with van der Waals surface area (Å²) >= 11 is 0. The molecular formula is C36H51BF4O4Ru2-. The van der Waals surface area contributed by atoms with Crippen LogP contribution in [0.5, 0.6) is 5.75 Å². The first-order valence-electron chi connectivity index (χ1n) is 14.2. The van der Waals surface area contributed by atoms with Gasteiger partial charge in [0.25, 0.3) is 0 Å². The number of phenolic OH excluding ortho intramolecular Hbond substituents is 1. The van der Waals surface area contributed by atoms with Crippen LogP contribution in [0.1, 0.15) is 94.6 Å². The van der Waals surface area contributed by atoms with E-state index in [0.29, 0.717) is 17.1 Å². The molecule has 4 atom stereocenters. The molecule has 6 rings (SSSR count). The average Bonchev–Trinajstić information content (AvgIpc) is 3.80. The second kappa shape index (κ2) is 31.3. The topological polar surface area (TPSA) is 71.4 Å². The molecule has 0 aliphatic heterocycles. The third kappa shape index (κ3) is 19.6.